The van der Waals surface area contributed by atoms with E-state index in [1.165, 1.54) is 12.4 Å². The molecule has 3 aromatic heterocycles. The van der Waals surface area contributed by atoms with Crippen LogP contribution in [0, 0.1) is 12.3 Å². The molecule has 1 aliphatic heterocycles. The van der Waals surface area contributed by atoms with Crippen LogP contribution in [0.3, 0.4) is 0 Å². The first kappa shape index (κ1) is 22.9. The zero-order valence-electron chi connectivity index (χ0n) is 18.8. The Bertz CT molecular complexity index is 1170. The molecule has 1 fully saturated rings. The molecule has 3 aromatic rings. The highest BCUT2D eigenvalue weighted by atomic mass is 32.2. The van der Waals surface area contributed by atoms with E-state index in [-0.39, 0.29) is 11.8 Å². The number of nitrogens with zero attached hydrogens (tertiary/aromatic N) is 5. The Hall–Kier alpha value is -3.31. The van der Waals surface area contributed by atoms with Crippen LogP contribution in [-0.4, -0.2) is 61.6 Å². The minimum atomic E-state index is -1.30. The fourth-order valence-electron chi connectivity index (χ4n) is 3.55. The fourth-order valence-corrected chi connectivity index (χ4v) is 4.74. The first-order valence-corrected chi connectivity index (χ1v) is 11.7. The molecule has 1 saturated heterocycles. The molecule has 0 bridgehead atoms. The van der Waals surface area contributed by atoms with Crippen molar-refractivity contribution in [3.63, 3.8) is 0 Å². The van der Waals surface area contributed by atoms with Gasteiger partial charge in [0.05, 0.1) is 29.9 Å². The Balaban J connectivity index is 1.47. The number of aromatic nitrogens is 3. The zero-order valence-corrected chi connectivity index (χ0v) is 19.6. The summed E-state index contributed by atoms with van der Waals surface area (Å²) in [4.78, 5) is 11.4. The average molecular weight is 470 g/mol. The maximum absolute atomic E-state index is 12.8. The topological polar surface area (TPSA) is 134 Å². The van der Waals surface area contributed by atoms with Gasteiger partial charge < -0.3 is 19.9 Å². The number of nitrogens with two attached hydrogens (primary N) is 1. The second-order valence-corrected chi connectivity index (χ2v) is 9.42. The van der Waals surface area contributed by atoms with Crippen molar-refractivity contribution in [1.82, 2.24) is 19.4 Å². The van der Waals surface area contributed by atoms with E-state index < -0.39 is 11.0 Å². The Kier molecular flexibility index (Phi) is 6.70. The zero-order chi connectivity index (χ0) is 23.5. The summed E-state index contributed by atoms with van der Waals surface area (Å²) in [5, 5.41) is 12.4. The highest BCUT2D eigenvalue weighted by molar-refractivity contribution is 7.82. The molecule has 1 aliphatic rings. The summed E-state index contributed by atoms with van der Waals surface area (Å²) in [6.07, 6.45) is 4.68. The van der Waals surface area contributed by atoms with Gasteiger partial charge >= 0.3 is 0 Å². The van der Waals surface area contributed by atoms with Crippen LogP contribution in [-0.2, 0) is 11.0 Å². The number of nitrogen functional groups attached to an aromatic ring is 1. The van der Waals surface area contributed by atoms with Crippen LogP contribution in [0.15, 0.2) is 46.2 Å². The Morgan fingerprint density at radius 2 is 1.97 bits per heavy atom. The quantitative estimate of drug-likeness (QED) is 0.504. The van der Waals surface area contributed by atoms with Gasteiger partial charge in [0.2, 0.25) is 5.88 Å². The van der Waals surface area contributed by atoms with Crippen LogP contribution >= 0.6 is 0 Å². The largest absolute Gasteiger partial charge is 0.475 e. The Morgan fingerprint density at radius 3 is 2.64 bits per heavy atom. The van der Waals surface area contributed by atoms with Crippen LogP contribution in [0.4, 0.5) is 11.5 Å². The van der Waals surface area contributed by atoms with Gasteiger partial charge in [0.15, 0.2) is 5.76 Å². The molecular weight excluding hydrogens is 442 g/mol. The molecule has 0 aromatic carbocycles. The van der Waals surface area contributed by atoms with Gasteiger partial charge in [-0.15, -0.1) is 0 Å². The van der Waals surface area contributed by atoms with Crippen molar-refractivity contribution >= 4 is 28.2 Å². The van der Waals surface area contributed by atoms with E-state index >= 15 is 0 Å². The molecule has 0 amide bonds. The van der Waals surface area contributed by atoms with Gasteiger partial charge in [0.1, 0.15) is 21.7 Å². The molecule has 3 N–H and O–H groups in total. The average Bonchev–Trinajstić information content (AvgIpc) is 3.25. The third-order valence-electron chi connectivity index (χ3n) is 5.26. The normalized spacial score (nSPS) is 15.6. The number of piperazine rings is 1. The summed E-state index contributed by atoms with van der Waals surface area (Å²) < 4.78 is 25.4. The van der Waals surface area contributed by atoms with Gasteiger partial charge in [-0.25, -0.2) is 18.5 Å². The lowest BCUT2D eigenvalue weighted by atomic mass is 10.0. The number of aryl methyl sites for hydroxylation is 1. The van der Waals surface area contributed by atoms with Gasteiger partial charge in [-0.1, -0.05) is 5.16 Å². The fraction of sp³-hybridized carbons (Fsp3) is 0.364. The standard InChI is InChI=1S/C22H27N7O3S/c1-14(2)31-21-11-17(18(23)12-26-21)22(24)16-4-5-25-20(10-16)28-6-8-29(9-7-28)33(30)19-13-27-32-15(19)3/h4-5,10-14,24H,6-9,23H2,1-3H3. The number of ether oxygens (including phenoxy) is 1. The number of nitrogens with one attached hydrogen (secondary N) is 1. The van der Waals surface area contributed by atoms with Gasteiger partial charge in [-0.2, -0.15) is 0 Å². The molecule has 10 nitrogen and oxygen atoms in total. The molecule has 1 atom stereocenters. The summed E-state index contributed by atoms with van der Waals surface area (Å²) in [6, 6.07) is 5.36. The number of hydrogen-bond donors (Lipinski definition) is 2. The minimum Gasteiger partial charge on any atom is -0.475 e. The SMILES string of the molecule is Cc1oncc1S(=O)N1CCN(c2cc(C(=N)c3cc(OC(C)C)ncc3N)ccn2)CC1. The van der Waals surface area contributed by atoms with Crippen molar-refractivity contribution in [2.75, 3.05) is 36.8 Å². The lowest BCUT2D eigenvalue weighted by Gasteiger charge is -2.34. The molecule has 4 heterocycles. The van der Waals surface area contributed by atoms with E-state index in [0.29, 0.717) is 59.5 Å². The second kappa shape index (κ2) is 9.67. The summed E-state index contributed by atoms with van der Waals surface area (Å²) in [6.45, 7) is 8.12. The van der Waals surface area contributed by atoms with Crippen molar-refractivity contribution in [2.45, 2.75) is 31.8 Å². The van der Waals surface area contributed by atoms with Crippen molar-refractivity contribution < 1.29 is 13.5 Å². The van der Waals surface area contributed by atoms with E-state index in [0.717, 1.165) is 5.82 Å². The first-order chi connectivity index (χ1) is 15.8. The first-order valence-electron chi connectivity index (χ1n) is 10.6. The molecule has 11 heteroatoms. The molecule has 0 saturated carbocycles. The van der Waals surface area contributed by atoms with Crippen LogP contribution in [0.1, 0.15) is 30.7 Å². The van der Waals surface area contributed by atoms with Crippen molar-refractivity contribution in [3.8, 4) is 5.88 Å². The molecule has 33 heavy (non-hydrogen) atoms. The molecule has 174 valence electrons. The Morgan fingerprint density at radius 1 is 1.21 bits per heavy atom. The number of rotatable bonds is 7. The van der Waals surface area contributed by atoms with Gasteiger partial charge in [0.25, 0.3) is 0 Å². The number of anilines is 2. The van der Waals surface area contributed by atoms with Crippen LogP contribution < -0.4 is 15.4 Å². The molecule has 0 aliphatic carbocycles. The lowest BCUT2D eigenvalue weighted by Crippen LogP contribution is -2.47. The lowest BCUT2D eigenvalue weighted by molar-refractivity contribution is 0.232. The van der Waals surface area contributed by atoms with E-state index in [4.69, 9.17) is 20.4 Å². The highest BCUT2D eigenvalue weighted by Crippen LogP contribution is 2.24. The van der Waals surface area contributed by atoms with Crippen LogP contribution in [0.25, 0.3) is 0 Å². The highest BCUT2D eigenvalue weighted by Gasteiger charge is 2.25. The van der Waals surface area contributed by atoms with Crippen LogP contribution in [0.5, 0.6) is 5.88 Å². The Labute approximate surface area is 194 Å². The monoisotopic (exact) mass is 469 g/mol. The number of hydrogen-bond acceptors (Lipinski definition) is 9. The summed E-state index contributed by atoms with van der Waals surface area (Å²) in [5.41, 5.74) is 8.04. The van der Waals surface area contributed by atoms with E-state index in [1.54, 1.807) is 25.3 Å². The summed E-state index contributed by atoms with van der Waals surface area (Å²) in [5.74, 6) is 1.76. The van der Waals surface area contributed by atoms with Gasteiger partial charge in [-0.3, -0.25) is 5.41 Å². The maximum Gasteiger partial charge on any atom is 0.214 e. The second-order valence-electron chi connectivity index (χ2n) is 7.97. The maximum atomic E-state index is 12.8. The smallest absolute Gasteiger partial charge is 0.214 e. The molecular formula is C22H27N7O3S. The predicted molar refractivity (Wildman–Crippen MR) is 126 cm³/mol. The molecule has 0 spiro atoms. The van der Waals surface area contributed by atoms with Gasteiger partial charge in [-0.05, 0) is 32.9 Å². The molecule has 4 rings (SSSR count). The third-order valence-corrected chi connectivity index (χ3v) is 6.86. The van der Waals surface area contributed by atoms with Crippen molar-refractivity contribution in [1.29, 1.82) is 5.41 Å². The van der Waals surface area contributed by atoms with Crippen molar-refractivity contribution in [3.05, 3.63) is 53.7 Å². The number of pyridine rings is 2. The summed E-state index contributed by atoms with van der Waals surface area (Å²) in [7, 11) is -1.30. The molecule has 1 unspecified atom stereocenters. The predicted octanol–water partition coefficient (Wildman–Crippen LogP) is 2.40. The van der Waals surface area contributed by atoms with Crippen molar-refractivity contribution in [2.24, 2.45) is 0 Å². The van der Waals surface area contributed by atoms with Gasteiger partial charge in [0, 0.05) is 49.6 Å². The minimum absolute atomic E-state index is 0.0302. The molecule has 0 radical (unpaired) electrons. The van der Waals surface area contributed by atoms with E-state index in [9.17, 15) is 4.21 Å². The van der Waals surface area contributed by atoms with Crippen LogP contribution in [0.2, 0.25) is 0 Å². The van der Waals surface area contributed by atoms with E-state index in [1.807, 2.05) is 24.2 Å². The van der Waals surface area contributed by atoms with E-state index in [2.05, 4.69) is 20.0 Å². The summed E-state index contributed by atoms with van der Waals surface area (Å²) >= 11 is 0. The third kappa shape index (κ3) is 5.04.